The minimum absolute atomic E-state index is 0.129. The van der Waals surface area contributed by atoms with Gasteiger partial charge in [-0.3, -0.25) is 0 Å². The summed E-state index contributed by atoms with van der Waals surface area (Å²) in [6, 6.07) is 27.6. The number of ether oxygens (including phenoxy) is 3. The maximum Gasteiger partial charge on any atom is 0.338 e. The van der Waals surface area contributed by atoms with E-state index in [2.05, 4.69) is 0 Å². The summed E-state index contributed by atoms with van der Waals surface area (Å²) in [4.78, 5) is 38.9. The van der Waals surface area contributed by atoms with Crippen LogP contribution in [0.2, 0.25) is 0 Å². The topological polar surface area (TPSA) is 112 Å². The molecule has 3 aromatic carbocycles. The van der Waals surface area contributed by atoms with Crippen molar-refractivity contribution >= 4 is 17.9 Å². The van der Waals surface area contributed by atoms with Crippen molar-refractivity contribution in [3.8, 4) is 0 Å². The molecule has 0 bridgehead atoms. The molecule has 0 amide bonds. The molecule has 37 heavy (non-hydrogen) atoms. The molecule has 0 saturated carbocycles. The molecule has 0 aliphatic rings. The van der Waals surface area contributed by atoms with E-state index in [9.17, 15) is 19.5 Å². The van der Waals surface area contributed by atoms with Crippen LogP contribution in [-0.4, -0.2) is 41.8 Å². The number of hydrogen-bond donors (Lipinski definition) is 1. The standard InChI is InChI=1S/C29H24O8/c30-19-24(35-27(31)20-11-4-1-5-12-20)26(37-29(33)22-15-8-3-9-16-22)25(23-17-10-18-34-23)36-28(32)21-13-6-2-7-14-21/h1-18,24-26,30H,19H2/t24-,25+,26+/m0/s1. The van der Waals surface area contributed by atoms with Gasteiger partial charge >= 0.3 is 17.9 Å². The van der Waals surface area contributed by atoms with E-state index in [4.69, 9.17) is 18.6 Å². The number of aliphatic hydroxyl groups is 1. The van der Waals surface area contributed by atoms with Gasteiger partial charge in [0, 0.05) is 0 Å². The van der Waals surface area contributed by atoms with Crippen LogP contribution in [0.3, 0.4) is 0 Å². The molecule has 1 aromatic heterocycles. The SMILES string of the molecule is O=C(O[C@H]([C@H](CO)OC(=O)c1ccccc1)[C@H](OC(=O)c1ccccc1)c1ccco1)c1ccccc1. The maximum absolute atomic E-state index is 13.0. The first kappa shape index (κ1) is 25.4. The summed E-state index contributed by atoms with van der Waals surface area (Å²) < 4.78 is 22.5. The summed E-state index contributed by atoms with van der Waals surface area (Å²) in [5, 5.41) is 10.2. The van der Waals surface area contributed by atoms with E-state index in [-0.39, 0.29) is 22.5 Å². The quantitative estimate of drug-likeness (QED) is 0.248. The third-order valence-electron chi connectivity index (χ3n) is 5.43. The van der Waals surface area contributed by atoms with Crippen LogP contribution in [0.15, 0.2) is 114 Å². The normalized spacial score (nSPS) is 13.1. The van der Waals surface area contributed by atoms with Gasteiger partial charge < -0.3 is 23.7 Å². The summed E-state index contributed by atoms with van der Waals surface area (Å²) >= 11 is 0. The van der Waals surface area contributed by atoms with Crippen LogP contribution < -0.4 is 0 Å². The van der Waals surface area contributed by atoms with Crippen LogP contribution in [0.25, 0.3) is 0 Å². The van der Waals surface area contributed by atoms with Crippen LogP contribution >= 0.6 is 0 Å². The van der Waals surface area contributed by atoms with E-state index in [0.717, 1.165) is 0 Å². The number of carbonyl (C=O) groups excluding carboxylic acids is 3. The largest absolute Gasteiger partial charge is 0.465 e. The van der Waals surface area contributed by atoms with Gasteiger partial charge in [0.05, 0.1) is 29.6 Å². The van der Waals surface area contributed by atoms with E-state index in [1.807, 2.05) is 0 Å². The molecule has 4 rings (SSSR count). The second-order valence-electron chi connectivity index (χ2n) is 7.94. The van der Waals surface area contributed by atoms with Gasteiger partial charge in [0.1, 0.15) is 5.76 Å². The Balaban J connectivity index is 1.69. The molecule has 3 atom stereocenters. The van der Waals surface area contributed by atoms with Gasteiger partial charge in [0.2, 0.25) is 0 Å². The average molecular weight is 501 g/mol. The molecule has 0 aliphatic heterocycles. The van der Waals surface area contributed by atoms with Crippen molar-refractivity contribution in [1.29, 1.82) is 0 Å². The molecule has 4 aromatic rings. The lowest BCUT2D eigenvalue weighted by Gasteiger charge is -2.30. The minimum Gasteiger partial charge on any atom is -0.465 e. The summed E-state index contributed by atoms with van der Waals surface area (Å²) in [7, 11) is 0. The highest BCUT2D eigenvalue weighted by Crippen LogP contribution is 2.30. The Kier molecular flexibility index (Phi) is 8.46. The molecular formula is C29H24O8. The highest BCUT2D eigenvalue weighted by molar-refractivity contribution is 5.91. The molecule has 0 radical (unpaired) electrons. The predicted molar refractivity (Wildman–Crippen MR) is 132 cm³/mol. The van der Waals surface area contributed by atoms with E-state index in [0.29, 0.717) is 0 Å². The van der Waals surface area contributed by atoms with E-state index < -0.39 is 42.8 Å². The first-order chi connectivity index (χ1) is 18.1. The lowest BCUT2D eigenvalue weighted by molar-refractivity contribution is -0.105. The highest BCUT2D eigenvalue weighted by atomic mass is 16.6. The number of hydrogen-bond acceptors (Lipinski definition) is 8. The Labute approximate surface area is 213 Å². The molecule has 0 spiro atoms. The molecule has 0 fully saturated rings. The van der Waals surface area contributed by atoms with E-state index in [1.54, 1.807) is 97.1 Å². The zero-order valence-corrected chi connectivity index (χ0v) is 19.6. The molecule has 8 heteroatoms. The van der Waals surface area contributed by atoms with Crippen LogP contribution in [0, 0.1) is 0 Å². The Morgan fingerprint density at radius 2 is 1.08 bits per heavy atom. The zero-order valence-electron chi connectivity index (χ0n) is 19.6. The smallest absolute Gasteiger partial charge is 0.338 e. The Hall–Kier alpha value is -4.69. The summed E-state index contributed by atoms with van der Waals surface area (Å²) in [5.74, 6) is -2.13. The first-order valence-corrected chi connectivity index (χ1v) is 11.5. The van der Waals surface area contributed by atoms with E-state index in [1.165, 1.54) is 12.3 Å². The van der Waals surface area contributed by atoms with Crippen LogP contribution in [-0.2, 0) is 14.2 Å². The number of rotatable bonds is 10. The van der Waals surface area contributed by atoms with Crippen molar-refractivity contribution in [1.82, 2.24) is 0 Å². The number of esters is 3. The van der Waals surface area contributed by atoms with Crippen LogP contribution in [0.1, 0.15) is 42.9 Å². The molecular weight excluding hydrogens is 476 g/mol. The number of furan rings is 1. The van der Waals surface area contributed by atoms with Crippen molar-refractivity contribution in [2.24, 2.45) is 0 Å². The van der Waals surface area contributed by atoms with Gasteiger partial charge in [-0.2, -0.15) is 0 Å². The summed E-state index contributed by atoms with van der Waals surface area (Å²) in [6.07, 6.45) is -2.85. The Morgan fingerprint density at radius 1 is 0.622 bits per heavy atom. The monoisotopic (exact) mass is 500 g/mol. The van der Waals surface area contributed by atoms with Gasteiger partial charge in [-0.1, -0.05) is 54.6 Å². The highest BCUT2D eigenvalue weighted by Gasteiger charge is 2.41. The fraction of sp³-hybridized carbons (Fsp3) is 0.138. The zero-order chi connectivity index (χ0) is 26.0. The molecule has 188 valence electrons. The van der Waals surface area contributed by atoms with Crippen molar-refractivity contribution < 1.29 is 38.1 Å². The van der Waals surface area contributed by atoms with Crippen molar-refractivity contribution in [2.75, 3.05) is 6.61 Å². The molecule has 0 unspecified atom stereocenters. The van der Waals surface area contributed by atoms with Crippen LogP contribution in [0.4, 0.5) is 0 Å². The van der Waals surface area contributed by atoms with E-state index >= 15 is 0 Å². The van der Waals surface area contributed by atoms with Gasteiger partial charge in [-0.05, 0) is 48.5 Å². The lowest BCUT2D eigenvalue weighted by Crippen LogP contribution is -2.43. The second kappa shape index (κ2) is 12.3. The van der Waals surface area contributed by atoms with Gasteiger partial charge in [0.15, 0.2) is 18.3 Å². The maximum atomic E-state index is 13.0. The third kappa shape index (κ3) is 6.50. The number of carbonyl (C=O) groups is 3. The van der Waals surface area contributed by atoms with Gasteiger partial charge in [-0.25, -0.2) is 14.4 Å². The Morgan fingerprint density at radius 3 is 1.51 bits per heavy atom. The Bertz CT molecular complexity index is 1290. The summed E-state index contributed by atoms with van der Waals surface area (Å²) in [6.45, 7) is -0.731. The second-order valence-corrected chi connectivity index (χ2v) is 7.94. The first-order valence-electron chi connectivity index (χ1n) is 11.5. The molecule has 8 nitrogen and oxygen atoms in total. The van der Waals surface area contributed by atoms with Crippen molar-refractivity contribution in [3.05, 3.63) is 132 Å². The average Bonchev–Trinajstić information content (AvgIpc) is 3.49. The molecule has 0 saturated heterocycles. The molecule has 1 N–H and O–H groups in total. The molecule has 1 heterocycles. The fourth-order valence-corrected chi connectivity index (χ4v) is 3.58. The van der Waals surface area contributed by atoms with Crippen LogP contribution in [0.5, 0.6) is 0 Å². The van der Waals surface area contributed by atoms with Crippen molar-refractivity contribution in [2.45, 2.75) is 18.3 Å². The summed E-state index contributed by atoms with van der Waals surface area (Å²) in [5.41, 5.74) is 0.685. The predicted octanol–water partition coefficient (Wildman–Crippen LogP) is 4.62. The number of aliphatic hydroxyl groups excluding tert-OH is 1. The lowest BCUT2D eigenvalue weighted by atomic mass is 10.0. The third-order valence-corrected chi connectivity index (χ3v) is 5.43. The molecule has 0 aliphatic carbocycles. The number of benzene rings is 3. The van der Waals surface area contributed by atoms with Gasteiger partial charge in [-0.15, -0.1) is 0 Å². The minimum atomic E-state index is -1.45. The van der Waals surface area contributed by atoms with Crippen molar-refractivity contribution in [3.63, 3.8) is 0 Å². The fourth-order valence-electron chi connectivity index (χ4n) is 3.58. The van der Waals surface area contributed by atoms with Gasteiger partial charge in [0.25, 0.3) is 0 Å².